The van der Waals surface area contributed by atoms with Gasteiger partial charge >= 0.3 is 0 Å². The van der Waals surface area contributed by atoms with E-state index in [0.717, 1.165) is 17.4 Å². The molecule has 4 heteroatoms. The summed E-state index contributed by atoms with van der Waals surface area (Å²) in [5, 5.41) is 0.939. The molecule has 0 aliphatic carbocycles. The second-order valence-electron chi connectivity index (χ2n) is 3.46. The Morgan fingerprint density at radius 3 is 2.93 bits per heavy atom. The van der Waals surface area contributed by atoms with E-state index in [2.05, 4.69) is 16.9 Å². The smallest absolute Gasteiger partial charge is 0.254 e. The number of rotatable bonds is 2. The molecule has 0 unspecified atom stereocenters. The zero-order chi connectivity index (χ0) is 10.8. The van der Waals surface area contributed by atoms with Crippen molar-refractivity contribution >= 4 is 11.0 Å². The minimum atomic E-state index is -0.151. The van der Waals surface area contributed by atoms with Crippen LogP contribution >= 0.6 is 0 Å². The summed E-state index contributed by atoms with van der Waals surface area (Å²) < 4.78 is 0. The summed E-state index contributed by atoms with van der Waals surface area (Å²) in [5.74, 6) is 0. The van der Waals surface area contributed by atoms with Crippen molar-refractivity contribution in [3.05, 3.63) is 39.8 Å². The molecule has 78 valence electrons. The van der Waals surface area contributed by atoms with Crippen LogP contribution < -0.4 is 11.3 Å². The van der Waals surface area contributed by atoms with Gasteiger partial charge in [0.25, 0.3) is 5.56 Å². The Kier molecular flexibility index (Phi) is 2.51. The molecule has 0 spiro atoms. The molecule has 0 amide bonds. The monoisotopic (exact) mass is 203 g/mol. The standard InChI is InChI=1S/C11H13N3O/c1-2-7-3-8-4-9(5-12)11(15)14-10(8)13-6-7/h3-4,6H,2,5,12H2,1H3,(H,13,14,15). The Balaban J connectivity index is 2.71. The Bertz CT molecular complexity index is 545. The number of aromatic nitrogens is 2. The third kappa shape index (κ3) is 1.76. The van der Waals surface area contributed by atoms with Crippen LogP contribution in [-0.4, -0.2) is 9.97 Å². The van der Waals surface area contributed by atoms with Crippen LogP contribution in [0.25, 0.3) is 11.0 Å². The van der Waals surface area contributed by atoms with E-state index in [9.17, 15) is 4.79 Å². The normalized spacial score (nSPS) is 10.8. The number of hydrogen-bond acceptors (Lipinski definition) is 3. The molecule has 2 aromatic rings. The summed E-state index contributed by atoms with van der Waals surface area (Å²) in [7, 11) is 0. The number of nitrogens with one attached hydrogen (secondary N) is 1. The molecule has 3 N–H and O–H groups in total. The van der Waals surface area contributed by atoms with Crippen LogP contribution in [0.1, 0.15) is 18.1 Å². The predicted octanol–water partition coefficient (Wildman–Crippen LogP) is 0.944. The second kappa shape index (κ2) is 3.82. The van der Waals surface area contributed by atoms with Crippen molar-refractivity contribution in [3.8, 4) is 0 Å². The van der Waals surface area contributed by atoms with Crippen molar-refractivity contribution in [2.24, 2.45) is 5.73 Å². The second-order valence-corrected chi connectivity index (χ2v) is 3.46. The van der Waals surface area contributed by atoms with Gasteiger partial charge in [-0.2, -0.15) is 0 Å². The molecular formula is C11H13N3O. The van der Waals surface area contributed by atoms with Crippen LogP contribution in [0.3, 0.4) is 0 Å². The quantitative estimate of drug-likeness (QED) is 0.763. The van der Waals surface area contributed by atoms with E-state index >= 15 is 0 Å². The highest BCUT2D eigenvalue weighted by Gasteiger charge is 2.02. The van der Waals surface area contributed by atoms with Crippen LogP contribution in [0.2, 0.25) is 0 Å². The SMILES string of the molecule is CCc1cnc2[nH]c(=O)c(CN)cc2c1. The molecule has 0 aliphatic rings. The topological polar surface area (TPSA) is 71.8 Å². The van der Waals surface area contributed by atoms with E-state index < -0.39 is 0 Å². The Hall–Kier alpha value is -1.68. The van der Waals surface area contributed by atoms with Gasteiger partial charge < -0.3 is 10.7 Å². The van der Waals surface area contributed by atoms with Crippen molar-refractivity contribution in [2.45, 2.75) is 19.9 Å². The van der Waals surface area contributed by atoms with Crippen molar-refractivity contribution in [1.29, 1.82) is 0 Å². The maximum Gasteiger partial charge on any atom is 0.254 e. The first-order valence-electron chi connectivity index (χ1n) is 4.95. The molecule has 4 nitrogen and oxygen atoms in total. The number of aryl methyl sites for hydroxylation is 1. The van der Waals surface area contributed by atoms with Crippen molar-refractivity contribution < 1.29 is 0 Å². The lowest BCUT2D eigenvalue weighted by Gasteiger charge is -2.02. The fourth-order valence-electron chi connectivity index (χ4n) is 1.53. The summed E-state index contributed by atoms with van der Waals surface area (Å²) in [5.41, 5.74) is 7.69. The molecule has 0 aliphatic heterocycles. The molecule has 15 heavy (non-hydrogen) atoms. The van der Waals surface area contributed by atoms with Crippen LogP contribution in [0.15, 0.2) is 23.1 Å². The lowest BCUT2D eigenvalue weighted by atomic mass is 10.1. The lowest BCUT2D eigenvalue weighted by molar-refractivity contribution is 1.02. The highest BCUT2D eigenvalue weighted by molar-refractivity contribution is 5.75. The lowest BCUT2D eigenvalue weighted by Crippen LogP contribution is -2.16. The number of pyridine rings is 2. The van der Waals surface area contributed by atoms with Crippen molar-refractivity contribution in [2.75, 3.05) is 0 Å². The number of hydrogen-bond donors (Lipinski definition) is 2. The molecule has 0 atom stereocenters. The molecule has 2 aromatic heterocycles. The van der Waals surface area contributed by atoms with Crippen LogP contribution in [0, 0.1) is 0 Å². The Morgan fingerprint density at radius 2 is 2.27 bits per heavy atom. The molecule has 0 saturated carbocycles. The van der Waals surface area contributed by atoms with Crippen LogP contribution in [0.4, 0.5) is 0 Å². The number of nitrogens with two attached hydrogens (primary N) is 1. The van der Waals surface area contributed by atoms with E-state index in [1.165, 1.54) is 0 Å². The molecule has 0 aromatic carbocycles. The number of aromatic amines is 1. The predicted molar refractivity (Wildman–Crippen MR) is 59.6 cm³/mol. The van der Waals surface area contributed by atoms with E-state index in [1.807, 2.05) is 6.07 Å². The molecule has 0 fully saturated rings. The first-order valence-corrected chi connectivity index (χ1v) is 4.95. The highest BCUT2D eigenvalue weighted by Crippen LogP contribution is 2.11. The van der Waals surface area contributed by atoms with Crippen LogP contribution in [0.5, 0.6) is 0 Å². The number of nitrogens with zero attached hydrogens (tertiary/aromatic N) is 1. The zero-order valence-electron chi connectivity index (χ0n) is 8.58. The first kappa shape index (κ1) is 9.86. The van der Waals surface area contributed by atoms with E-state index in [-0.39, 0.29) is 12.1 Å². The molecule has 2 rings (SSSR count). The molecule has 0 saturated heterocycles. The van der Waals surface area contributed by atoms with E-state index in [0.29, 0.717) is 11.2 Å². The summed E-state index contributed by atoms with van der Waals surface area (Å²) in [6.07, 6.45) is 2.71. The summed E-state index contributed by atoms with van der Waals surface area (Å²) in [4.78, 5) is 18.3. The maximum absolute atomic E-state index is 11.4. The van der Waals surface area contributed by atoms with Gasteiger partial charge in [0, 0.05) is 23.7 Å². The van der Waals surface area contributed by atoms with Gasteiger partial charge in [-0.25, -0.2) is 4.98 Å². The molecule has 2 heterocycles. The fourth-order valence-corrected chi connectivity index (χ4v) is 1.53. The highest BCUT2D eigenvalue weighted by atomic mass is 16.1. The van der Waals surface area contributed by atoms with Gasteiger partial charge in [-0.05, 0) is 24.1 Å². The van der Waals surface area contributed by atoms with Crippen LogP contribution in [-0.2, 0) is 13.0 Å². The van der Waals surface area contributed by atoms with Gasteiger partial charge in [-0.1, -0.05) is 6.92 Å². The third-order valence-electron chi connectivity index (χ3n) is 2.46. The third-order valence-corrected chi connectivity index (χ3v) is 2.46. The molecular weight excluding hydrogens is 190 g/mol. The van der Waals surface area contributed by atoms with Gasteiger partial charge in [0.2, 0.25) is 0 Å². The zero-order valence-corrected chi connectivity index (χ0v) is 8.58. The van der Waals surface area contributed by atoms with Crippen molar-refractivity contribution in [1.82, 2.24) is 9.97 Å². The average molecular weight is 203 g/mol. The number of H-pyrrole nitrogens is 1. The van der Waals surface area contributed by atoms with Crippen molar-refractivity contribution in [3.63, 3.8) is 0 Å². The average Bonchev–Trinajstić information content (AvgIpc) is 2.27. The molecule has 0 radical (unpaired) electrons. The first-order chi connectivity index (χ1) is 7.24. The van der Waals surface area contributed by atoms with Gasteiger partial charge in [-0.3, -0.25) is 4.79 Å². The van der Waals surface area contributed by atoms with E-state index in [1.54, 1.807) is 12.3 Å². The van der Waals surface area contributed by atoms with Gasteiger partial charge in [0.15, 0.2) is 0 Å². The van der Waals surface area contributed by atoms with Gasteiger partial charge in [-0.15, -0.1) is 0 Å². The summed E-state index contributed by atoms with van der Waals surface area (Å²) >= 11 is 0. The van der Waals surface area contributed by atoms with Gasteiger partial charge in [0.05, 0.1) is 0 Å². The number of fused-ring (bicyclic) bond motifs is 1. The summed E-state index contributed by atoms with van der Waals surface area (Å²) in [6, 6.07) is 3.83. The van der Waals surface area contributed by atoms with Gasteiger partial charge in [0.1, 0.15) is 5.65 Å². The Labute approximate surface area is 87.1 Å². The maximum atomic E-state index is 11.4. The Morgan fingerprint density at radius 1 is 1.47 bits per heavy atom. The largest absolute Gasteiger partial charge is 0.326 e. The van der Waals surface area contributed by atoms with E-state index in [4.69, 9.17) is 5.73 Å². The minimum Gasteiger partial charge on any atom is -0.326 e. The molecule has 0 bridgehead atoms. The fraction of sp³-hybridized carbons (Fsp3) is 0.273. The minimum absolute atomic E-state index is 0.151. The summed E-state index contributed by atoms with van der Waals surface area (Å²) in [6.45, 7) is 2.32.